The molecule has 148 valence electrons. The Morgan fingerprint density at radius 2 is 1.48 bits per heavy atom. The molecular weight excluding hydrogens is 355 g/mol. The van der Waals surface area contributed by atoms with E-state index in [1.54, 1.807) is 12.1 Å². The van der Waals surface area contributed by atoms with Crippen LogP contribution in [0.2, 0.25) is 0 Å². The standard InChI is InChI=1S/C23H33O3P/c1-4-7-13-19-15-11-18-23(21(19)16-8-5-2)27(24,25)26-22-17-10-9-14-20(22)12-6-3/h9-11,14-15,17-18H,4-8,12-13,16H2,1-3H3,(H,24,25). The molecule has 0 saturated heterocycles. The van der Waals surface area contributed by atoms with Crippen LogP contribution in [-0.4, -0.2) is 4.89 Å². The molecule has 0 spiro atoms. The number of benzene rings is 2. The summed E-state index contributed by atoms with van der Waals surface area (Å²) in [5.41, 5.74) is 3.17. The van der Waals surface area contributed by atoms with Gasteiger partial charge in [-0.15, -0.1) is 0 Å². The SMILES string of the molecule is CCCCc1cccc(P(=O)(O)Oc2ccccc2CCC)c1CCCC. The van der Waals surface area contributed by atoms with E-state index in [-0.39, 0.29) is 0 Å². The van der Waals surface area contributed by atoms with Gasteiger partial charge in [0.15, 0.2) is 0 Å². The number of aryl methyl sites for hydroxylation is 2. The molecule has 0 bridgehead atoms. The van der Waals surface area contributed by atoms with Gasteiger partial charge in [0, 0.05) is 0 Å². The van der Waals surface area contributed by atoms with Gasteiger partial charge >= 0.3 is 7.60 Å². The van der Waals surface area contributed by atoms with Crippen LogP contribution in [0.5, 0.6) is 5.75 Å². The second-order valence-electron chi connectivity index (χ2n) is 7.09. The van der Waals surface area contributed by atoms with E-state index in [0.717, 1.165) is 62.5 Å². The van der Waals surface area contributed by atoms with E-state index < -0.39 is 7.60 Å². The minimum atomic E-state index is -3.95. The highest BCUT2D eigenvalue weighted by Gasteiger charge is 2.29. The third-order valence-corrected chi connectivity index (χ3v) is 6.32. The second kappa shape index (κ2) is 10.7. The molecule has 0 aliphatic rings. The lowest BCUT2D eigenvalue weighted by atomic mass is 9.98. The fourth-order valence-electron chi connectivity index (χ4n) is 3.38. The predicted molar refractivity (Wildman–Crippen MR) is 114 cm³/mol. The largest absolute Gasteiger partial charge is 0.421 e. The van der Waals surface area contributed by atoms with E-state index in [1.165, 1.54) is 5.56 Å². The average Bonchev–Trinajstić information content (AvgIpc) is 2.66. The van der Waals surface area contributed by atoms with Crippen LogP contribution in [0.25, 0.3) is 0 Å². The van der Waals surface area contributed by atoms with E-state index in [2.05, 4.69) is 26.8 Å². The number of unbranched alkanes of at least 4 members (excludes halogenated alkanes) is 2. The van der Waals surface area contributed by atoms with Gasteiger partial charge in [-0.05, 0) is 60.9 Å². The van der Waals surface area contributed by atoms with Crippen molar-refractivity contribution in [2.24, 2.45) is 0 Å². The molecular formula is C23H33O3P. The molecule has 27 heavy (non-hydrogen) atoms. The minimum absolute atomic E-state index is 0.468. The zero-order valence-corrected chi connectivity index (χ0v) is 17.8. The molecule has 0 aliphatic heterocycles. The number of hydrogen-bond donors (Lipinski definition) is 1. The Kier molecular flexibility index (Phi) is 8.60. The first kappa shape index (κ1) is 21.7. The molecule has 0 amide bonds. The van der Waals surface area contributed by atoms with Crippen LogP contribution in [0, 0.1) is 0 Å². The molecule has 2 aromatic rings. The predicted octanol–water partition coefficient (Wildman–Crippen LogP) is 6.21. The molecule has 0 radical (unpaired) electrons. The molecule has 4 heteroatoms. The Hall–Kier alpha value is -1.57. The Bertz CT molecular complexity index is 770. The van der Waals surface area contributed by atoms with E-state index in [1.807, 2.05) is 24.3 Å². The first-order valence-corrected chi connectivity index (χ1v) is 11.8. The van der Waals surface area contributed by atoms with Crippen LogP contribution in [0.1, 0.15) is 69.6 Å². The third-order valence-electron chi connectivity index (χ3n) is 4.85. The smallest absolute Gasteiger partial charge is 0.408 e. The monoisotopic (exact) mass is 388 g/mol. The summed E-state index contributed by atoms with van der Waals surface area (Å²) < 4.78 is 19.0. The van der Waals surface area contributed by atoms with Crippen molar-refractivity contribution in [1.29, 1.82) is 0 Å². The van der Waals surface area contributed by atoms with E-state index in [0.29, 0.717) is 11.1 Å². The van der Waals surface area contributed by atoms with Crippen molar-refractivity contribution in [2.75, 3.05) is 0 Å². The molecule has 3 nitrogen and oxygen atoms in total. The highest BCUT2D eigenvalue weighted by atomic mass is 31.2. The highest BCUT2D eigenvalue weighted by Crippen LogP contribution is 2.44. The lowest BCUT2D eigenvalue weighted by Gasteiger charge is -2.21. The summed E-state index contributed by atoms with van der Waals surface area (Å²) in [7, 11) is -3.95. The summed E-state index contributed by atoms with van der Waals surface area (Å²) in [5.74, 6) is 0.519. The van der Waals surface area contributed by atoms with Crippen LogP contribution in [-0.2, 0) is 23.8 Å². The van der Waals surface area contributed by atoms with Gasteiger partial charge in [-0.3, -0.25) is 0 Å². The van der Waals surface area contributed by atoms with E-state index in [4.69, 9.17) is 4.52 Å². The fraction of sp³-hybridized carbons (Fsp3) is 0.478. The average molecular weight is 388 g/mol. The van der Waals surface area contributed by atoms with Crippen molar-refractivity contribution in [3.63, 3.8) is 0 Å². The minimum Gasteiger partial charge on any atom is -0.421 e. The molecule has 1 unspecified atom stereocenters. The normalized spacial score (nSPS) is 13.3. The first-order chi connectivity index (χ1) is 13.0. The zero-order valence-electron chi connectivity index (χ0n) is 16.9. The Labute approximate surface area is 164 Å². The van der Waals surface area contributed by atoms with Gasteiger partial charge in [0.05, 0.1) is 5.30 Å². The van der Waals surface area contributed by atoms with Crippen LogP contribution in [0.3, 0.4) is 0 Å². The van der Waals surface area contributed by atoms with Crippen molar-refractivity contribution >= 4 is 12.9 Å². The van der Waals surface area contributed by atoms with Crippen molar-refractivity contribution in [2.45, 2.75) is 72.1 Å². The molecule has 1 atom stereocenters. The molecule has 0 aromatic heterocycles. The van der Waals surface area contributed by atoms with Crippen molar-refractivity contribution in [3.05, 3.63) is 59.2 Å². The first-order valence-electron chi connectivity index (χ1n) is 10.2. The fourth-order valence-corrected chi connectivity index (χ4v) is 4.79. The second-order valence-corrected chi connectivity index (χ2v) is 8.80. The molecule has 1 N–H and O–H groups in total. The van der Waals surface area contributed by atoms with Crippen LogP contribution < -0.4 is 9.83 Å². The zero-order chi connectivity index (χ0) is 19.7. The van der Waals surface area contributed by atoms with Crippen molar-refractivity contribution in [1.82, 2.24) is 0 Å². The lowest BCUT2D eigenvalue weighted by molar-refractivity contribution is 0.391. The maximum absolute atomic E-state index is 13.3. The molecule has 0 saturated carbocycles. The maximum Gasteiger partial charge on any atom is 0.408 e. The summed E-state index contributed by atoms with van der Waals surface area (Å²) >= 11 is 0. The summed E-state index contributed by atoms with van der Waals surface area (Å²) in [6.07, 6.45) is 7.79. The molecule has 2 rings (SSSR count). The van der Waals surface area contributed by atoms with Gasteiger partial charge in [0.25, 0.3) is 0 Å². The van der Waals surface area contributed by atoms with Crippen molar-refractivity contribution < 1.29 is 14.0 Å². The topological polar surface area (TPSA) is 46.5 Å². The molecule has 0 fully saturated rings. The highest BCUT2D eigenvalue weighted by molar-refractivity contribution is 7.61. The molecule has 0 aliphatic carbocycles. The van der Waals surface area contributed by atoms with E-state index >= 15 is 0 Å². The Morgan fingerprint density at radius 1 is 0.815 bits per heavy atom. The number of para-hydroxylation sites is 1. The lowest BCUT2D eigenvalue weighted by Crippen LogP contribution is -2.17. The summed E-state index contributed by atoms with van der Waals surface area (Å²) in [6, 6.07) is 13.3. The maximum atomic E-state index is 13.3. The van der Waals surface area contributed by atoms with E-state index in [9.17, 15) is 9.46 Å². The van der Waals surface area contributed by atoms with Gasteiger partial charge in [0.1, 0.15) is 5.75 Å². The van der Waals surface area contributed by atoms with Gasteiger partial charge in [-0.1, -0.05) is 70.4 Å². The summed E-state index contributed by atoms with van der Waals surface area (Å²) in [6.45, 7) is 6.40. The Morgan fingerprint density at radius 3 is 2.19 bits per heavy atom. The summed E-state index contributed by atoms with van der Waals surface area (Å²) in [5, 5.41) is 0.468. The van der Waals surface area contributed by atoms with Crippen molar-refractivity contribution in [3.8, 4) is 5.75 Å². The quantitative estimate of drug-likeness (QED) is 0.465. The number of rotatable bonds is 11. The molecule has 0 heterocycles. The van der Waals surface area contributed by atoms with Crippen LogP contribution >= 0.6 is 7.60 Å². The van der Waals surface area contributed by atoms with Crippen LogP contribution in [0.4, 0.5) is 0 Å². The van der Waals surface area contributed by atoms with Crippen LogP contribution in [0.15, 0.2) is 42.5 Å². The van der Waals surface area contributed by atoms with Gasteiger partial charge in [0.2, 0.25) is 0 Å². The number of hydrogen-bond acceptors (Lipinski definition) is 2. The molecule has 2 aromatic carbocycles. The third kappa shape index (κ3) is 5.96. The Balaban J connectivity index is 2.40. The van der Waals surface area contributed by atoms with Gasteiger partial charge in [-0.2, -0.15) is 0 Å². The van der Waals surface area contributed by atoms with Gasteiger partial charge < -0.3 is 9.42 Å². The summed E-state index contributed by atoms with van der Waals surface area (Å²) in [4.78, 5) is 10.9. The van der Waals surface area contributed by atoms with Gasteiger partial charge in [-0.25, -0.2) is 4.57 Å².